The summed E-state index contributed by atoms with van der Waals surface area (Å²) in [5.74, 6) is -1.51. The van der Waals surface area contributed by atoms with Gasteiger partial charge in [0, 0.05) is 13.1 Å². The molecule has 1 amide bonds. The van der Waals surface area contributed by atoms with Gasteiger partial charge in [-0.2, -0.15) is 13.2 Å². The zero-order chi connectivity index (χ0) is 16.9. The van der Waals surface area contributed by atoms with E-state index in [4.69, 9.17) is 23.2 Å². The van der Waals surface area contributed by atoms with Gasteiger partial charge in [0.05, 0.1) is 10.0 Å². The summed E-state index contributed by atoms with van der Waals surface area (Å²) < 4.78 is 35.5. The number of aryl methyl sites for hydroxylation is 1. The predicted octanol–water partition coefficient (Wildman–Crippen LogP) is 4.97. The second-order valence-corrected chi connectivity index (χ2v) is 6.06. The lowest BCUT2D eigenvalue weighted by Crippen LogP contribution is -2.39. The molecule has 0 N–H and O–H groups in total. The van der Waals surface area contributed by atoms with Gasteiger partial charge in [0.15, 0.2) is 0 Å². The number of hydrogen-bond donors (Lipinski definition) is 0. The fourth-order valence-corrected chi connectivity index (χ4v) is 2.38. The van der Waals surface area contributed by atoms with Crippen LogP contribution in [0.1, 0.15) is 25.8 Å². The Morgan fingerprint density at radius 3 is 2.36 bits per heavy atom. The SMILES string of the molecule is CC1CCN(C(=O)C(F)(F)F)C1.CCc1ccc(Cl)c(Cl)c1. The van der Waals surface area contributed by atoms with Crippen molar-refractivity contribution in [3.8, 4) is 0 Å². The van der Waals surface area contributed by atoms with E-state index >= 15 is 0 Å². The Kier molecular flexibility index (Phi) is 7.00. The number of benzene rings is 1. The summed E-state index contributed by atoms with van der Waals surface area (Å²) in [7, 11) is 0. The molecule has 22 heavy (non-hydrogen) atoms. The van der Waals surface area contributed by atoms with Crippen LogP contribution < -0.4 is 0 Å². The number of nitrogens with zero attached hydrogens (tertiary/aromatic N) is 1. The summed E-state index contributed by atoms with van der Waals surface area (Å²) in [5.41, 5.74) is 1.22. The maximum atomic E-state index is 11.8. The minimum atomic E-state index is -4.70. The molecular weight excluding hydrogens is 338 g/mol. The van der Waals surface area contributed by atoms with Gasteiger partial charge in [-0.15, -0.1) is 0 Å². The quantitative estimate of drug-likeness (QED) is 0.696. The second-order valence-electron chi connectivity index (χ2n) is 5.24. The van der Waals surface area contributed by atoms with Crippen LogP contribution in [0.15, 0.2) is 18.2 Å². The Balaban J connectivity index is 0.000000224. The number of amides is 1. The van der Waals surface area contributed by atoms with Crippen LogP contribution in [0, 0.1) is 5.92 Å². The van der Waals surface area contributed by atoms with E-state index < -0.39 is 12.1 Å². The first-order valence-electron chi connectivity index (χ1n) is 6.95. The summed E-state index contributed by atoms with van der Waals surface area (Å²) in [5, 5.41) is 1.26. The normalized spacial score (nSPS) is 18.0. The predicted molar refractivity (Wildman–Crippen MR) is 82.3 cm³/mol. The molecule has 1 aromatic carbocycles. The first-order chi connectivity index (χ1) is 10.1. The van der Waals surface area contributed by atoms with E-state index in [0.717, 1.165) is 11.3 Å². The molecule has 0 bridgehead atoms. The number of halogens is 5. The molecule has 124 valence electrons. The molecule has 1 aliphatic rings. The van der Waals surface area contributed by atoms with E-state index in [2.05, 4.69) is 6.92 Å². The Bertz CT molecular complexity index is 520. The molecule has 1 unspecified atom stereocenters. The third kappa shape index (κ3) is 5.69. The molecule has 0 aromatic heterocycles. The molecule has 1 aliphatic heterocycles. The lowest BCUT2D eigenvalue weighted by molar-refractivity contribution is -0.184. The maximum absolute atomic E-state index is 11.8. The van der Waals surface area contributed by atoms with Gasteiger partial charge in [0.25, 0.3) is 0 Å². The molecule has 0 radical (unpaired) electrons. The number of alkyl halides is 3. The third-order valence-corrected chi connectivity index (χ3v) is 4.08. The highest BCUT2D eigenvalue weighted by molar-refractivity contribution is 6.42. The molecule has 1 heterocycles. The summed E-state index contributed by atoms with van der Waals surface area (Å²) in [6.45, 7) is 4.39. The van der Waals surface area contributed by atoms with Crippen LogP contribution in [0.3, 0.4) is 0 Å². The van der Waals surface area contributed by atoms with Crippen molar-refractivity contribution in [2.45, 2.75) is 32.9 Å². The largest absolute Gasteiger partial charge is 0.471 e. The Hall–Kier alpha value is -0.940. The third-order valence-electron chi connectivity index (χ3n) is 3.35. The average molecular weight is 356 g/mol. The van der Waals surface area contributed by atoms with Crippen molar-refractivity contribution in [1.82, 2.24) is 4.90 Å². The van der Waals surface area contributed by atoms with Crippen LogP contribution in [-0.4, -0.2) is 30.1 Å². The lowest BCUT2D eigenvalue weighted by atomic mass is 10.2. The molecule has 2 rings (SSSR count). The number of hydrogen-bond acceptors (Lipinski definition) is 1. The van der Waals surface area contributed by atoms with Crippen molar-refractivity contribution < 1.29 is 18.0 Å². The van der Waals surface area contributed by atoms with E-state index in [1.807, 2.05) is 25.1 Å². The van der Waals surface area contributed by atoms with Gasteiger partial charge < -0.3 is 4.90 Å². The fraction of sp³-hybridized carbons (Fsp3) is 0.533. The van der Waals surface area contributed by atoms with Crippen LogP contribution >= 0.6 is 23.2 Å². The highest BCUT2D eigenvalue weighted by Gasteiger charge is 2.43. The average Bonchev–Trinajstić information content (AvgIpc) is 2.87. The van der Waals surface area contributed by atoms with Crippen LogP contribution in [0.25, 0.3) is 0 Å². The molecule has 7 heteroatoms. The number of carbonyl (C=O) groups is 1. The Morgan fingerprint density at radius 2 is 1.95 bits per heavy atom. The molecule has 0 spiro atoms. The van der Waals surface area contributed by atoms with Gasteiger partial charge in [-0.05, 0) is 36.5 Å². The highest BCUT2D eigenvalue weighted by atomic mass is 35.5. The summed E-state index contributed by atoms with van der Waals surface area (Å²) in [6, 6.07) is 5.70. The van der Waals surface area contributed by atoms with E-state index in [1.165, 1.54) is 5.56 Å². The van der Waals surface area contributed by atoms with Gasteiger partial charge in [-0.25, -0.2) is 0 Å². The smallest absolute Gasteiger partial charge is 0.335 e. The number of rotatable bonds is 1. The summed E-state index contributed by atoms with van der Waals surface area (Å²) in [6.07, 6.45) is -3.04. The molecule has 0 saturated carbocycles. The summed E-state index contributed by atoms with van der Waals surface area (Å²) in [4.78, 5) is 11.5. The van der Waals surface area contributed by atoms with Crippen molar-refractivity contribution in [2.24, 2.45) is 5.92 Å². The van der Waals surface area contributed by atoms with E-state index in [0.29, 0.717) is 16.5 Å². The van der Waals surface area contributed by atoms with Crippen molar-refractivity contribution in [3.05, 3.63) is 33.8 Å². The lowest BCUT2D eigenvalue weighted by Gasteiger charge is -2.17. The first-order valence-corrected chi connectivity index (χ1v) is 7.70. The van der Waals surface area contributed by atoms with Crippen molar-refractivity contribution in [3.63, 3.8) is 0 Å². The molecule has 1 fully saturated rings. The number of likely N-dealkylation sites (tertiary alicyclic amines) is 1. The summed E-state index contributed by atoms with van der Waals surface area (Å²) >= 11 is 11.5. The standard InChI is InChI=1S/C8H8Cl2.C7H10F3NO/c1-2-6-3-4-7(9)8(10)5-6;1-5-2-3-11(4-5)6(12)7(8,9)10/h3-5H,2H2,1H3;5H,2-4H2,1H3. The highest BCUT2D eigenvalue weighted by Crippen LogP contribution is 2.24. The van der Waals surface area contributed by atoms with E-state index in [-0.39, 0.29) is 19.0 Å². The molecule has 0 aliphatic carbocycles. The van der Waals surface area contributed by atoms with E-state index in [1.54, 1.807) is 0 Å². The van der Waals surface area contributed by atoms with Crippen LogP contribution in [0.4, 0.5) is 13.2 Å². The van der Waals surface area contributed by atoms with Crippen molar-refractivity contribution >= 4 is 29.1 Å². The molecule has 1 atom stereocenters. The van der Waals surface area contributed by atoms with Gasteiger partial charge in [0.2, 0.25) is 0 Å². The Morgan fingerprint density at radius 1 is 1.32 bits per heavy atom. The van der Waals surface area contributed by atoms with Crippen molar-refractivity contribution in [2.75, 3.05) is 13.1 Å². The molecular formula is C15H18Cl2F3NO. The first kappa shape index (κ1) is 19.1. The minimum absolute atomic E-state index is 0.191. The van der Waals surface area contributed by atoms with Crippen molar-refractivity contribution in [1.29, 1.82) is 0 Å². The topological polar surface area (TPSA) is 20.3 Å². The number of carbonyl (C=O) groups excluding carboxylic acids is 1. The molecule has 1 saturated heterocycles. The van der Waals surface area contributed by atoms with E-state index in [9.17, 15) is 18.0 Å². The maximum Gasteiger partial charge on any atom is 0.471 e. The zero-order valence-electron chi connectivity index (χ0n) is 12.4. The minimum Gasteiger partial charge on any atom is -0.335 e. The van der Waals surface area contributed by atoms with Crippen LogP contribution in [-0.2, 0) is 11.2 Å². The van der Waals surface area contributed by atoms with Gasteiger partial charge in [-0.1, -0.05) is 43.1 Å². The molecule has 2 nitrogen and oxygen atoms in total. The fourth-order valence-electron chi connectivity index (χ4n) is 2.06. The van der Waals surface area contributed by atoms with Gasteiger partial charge in [-0.3, -0.25) is 4.79 Å². The van der Waals surface area contributed by atoms with Crippen LogP contribution in [0.5, 0.6) is 0 Å². The van der Waals surface area contributed by atoms with Gasteiger partial charge >= 0.3 is 12.1 Å². The van der Waals surface area contributed by atoms with Gasteiger partial charge in [0.1, 0.15) is 0 Å². The van der Waals surface area contributed by atoms with Crippen LogP contribution in [0.2, 0.25) is 10.0 Å². The zero-order valence-corrected chi connectivity index (χ0v) is 13.9. The molecule has 1 aromatic rings. The monoisotopic (exact) mass is 355 g/mol. The Labute approximate surface area is 138 Å². The second kappa shape index (κ2) is 8.06.